The number of hydrogen-bond acceptors (Lipinski definition) is 4. The zero-order chi connectivity index (χ0) is 14.5. The molecule has 112 valence electrons. The maximum Gasteiger partial charge on any atom is 0.118 e. The van der Waals surface area contributed by atoms with E-state index in [9.17, 15) is 0 Å². The third-order valence-corrected chi connectivity index (χ3v) is 4.21. The Morgan fingerprint density at radius 2 is 2.05 bits per heavy atom. The first-order valence-electron chi connectivity index (χ1n) is 7.32. The molecule has 4 nitrogen and oxygen atoms in total. The second-order valence-electron chi connectivity index (χ2n) is 5.44. The number of benzene rings is 1. The van der Waals surface area contributed by atoms with Gasteiger partial charge in [-0.2, -0.15) is 0 Å². The van der Waals surface area contributed by atoms with E-state index in [1.165, 1.54) is 5.56 Å². The lowest BCUT2D eigenvalue weighted by Crippen LogP contribution is -2.52. The molecule has 0 radical (unpaired) electrons. The maximum atomic E-state index is 5.53. The van der Waals surface area contributed by atoms with E-state index >= 15 is 0 Å². The zero-order valence-electron chi connectivity index (χ0n) is 12.9. The number of nitrogens with one attached hydrogen (secondary N) is 1. The van der Waals surface area contributed by atoms with Crippen molar-refractivity contribution in [2.45, 2.75) is 32.0 Å². The predicted molar refractivity (Wildman–Crippen MR) is 81.2 cm³/mol. The van der Waals surface area contributed by atoms with E-state index < -0.39 is 0 Å². The highest BCUT2D eigenvalue weighted by atomic mass is 16.5. The summed E-state index contributed by atoms with van der Waals surface area (Å²) in [4.78, 5) is 2.52. The summed E-state index contributed by atoms with van der Waals surface area (Å²) in [6.45, 7) is 7.16. The Kier molecular flexibility index (Phi) is 5.40. The Labute approximate surface area is 122 Å². The fourth-order valence-electron chi connectivity index (χ4n) is 3.03. The van der Waals surface area contributed by atoms with E-state index in [4.69, 9.17) is 9.47 Å². The summed E-state index contributed by atoms with van der Waals surface area (Å²) < 4.78 is 10.8. The first kappa shape index (κ1) is 15.3. The molecule has 20 heavy (non-hydrogen) atoms. The molecule has 0 saturated carbocycles. The molecule has 0 amide bonds. The Morgan fingerprint density at radius 1 is 1.35 bits per heavy atom. The van der Waals surface area contributed by atoms with Gasteiger partial charge in [0.25, 0.3) is 0 Å². The average Bonchev–Trinajstić information content (AvgIpc) is 2.49. The third-order valence-electron chi connectivity index (χ3n) is 4.21. The molecule has 3 unspecified atom stereocenters. The van der Waals surface area contributed by atoms with Gasteiger partial charge in [0, 0.05) is 24.7 Å². The summed E-state index contributed by atoms with van der Waals surface area (Å²) in [7, 11) is 3.72. The van der Waals surface area contributed by atoms with E-state index in [0.29, 0.717) is 18.1 Å². The van der Waals surface area contributed by atoms with Crippen molar-refractivity contribution < 1.29 is 9.47 Å². The van der Waals surface area contributed by atoms with E-state index in [1.807, 2.05) is 19.2 Å². The first-order chi connectivity index (χ1) is 9.67. The summed E-state index contributed by atoms with van der Waals surface area (Å²) in [5.74, 6) is 0.899. The molecule has 4 heteroatoms. The molecule has 1 saturated heterocycles. The highest BCUT2D eigenvalue weighted by Crippen LogP contribution is 2.25. The molecular weight excluding hydrogens is 252 g/mol. The van der Waals surface area contributed by atoms with E-state index in [2.05, 4.69) is 36.2 Å². The molecule has 1 aromatic carbocycles. The molecule has 1 aliphatic heterocycles. The van der Waals surface area contributed by atoms with Gasteiger partial charge < -0.3 is 14.8 Å². The lowest BCUT2D eigenvalue weighted by molar-refractivity contribution is -0.0254. The Hall–Kier alpha value is -1.10. The SMILES string of the molecule is CNC(c1ccc(OC)cc1)C(C)N1CCOCC1C. The summed E-state index contributed by atoms with van der Waals surface area (Å²) in [5.41, 5.74) is 1.29. The minimum Gasteiger partial charge on any atom is -0.497 e. The topological polar surface area (TPSA) is 33.7 Å². The van der Waals surface area contributed by atoms with Gasteiger partial charge in [0.05, 0.1) is 20.3 Å². The van der Waals surface area contributed by atoms with Gasteiger partial charge in [-0.05, 0) is 38.6 Å². The van der Waals surface area contributed by atoms with Crippen molar-refractivity contribution in [1.82, 2.24) is 10.2 Å². The van der Waals surface area contributed by atoms with Crippen LogP contribution < -0.4 is 10.1 Å². The standard InChI is InChI=1S/C16H26N2O2/c1-12-11-20-10-9-18(12)13(2)16(17-3)14-5-7-15(19-4)8-6-14/h5-8,12-13,16-17H,9-11H2,1-4H3. The minimum absolute atomic E-state index is 0.307. The molecule has 1 aliphatic rings. The second-order valence-corrected chi connectivity index (χ2v) is 5.44. The van der Waals surface area contributed by atoms with Crippen molar-refractivity contribution in [1.29, 1.82) is 0 Å². The van der Waals surface area contributed by atoms with Crippen molar-refractivity contribution >= 4 is 0 Å². The van der Waals surface area contributed by atoms with Gasteiger partial charge in [-0.25, -0.2) is 0 Å². The molecule has 0 spiro atoms. The van der Waals surface area contributed by atoms with Crippen LogP contribution in [-0.2, 0) is 4.74 Å². The molecule has 2 rings (SSSR count). The van der Waals surface area contributed by atoms with E-state index in [1.54, 1.807) is 7.11 Å². The number of rotatable bonds is 5. The molecule has 0 bridgehead atoms. The quantitative estimate of drug-likeness (QED) is 0.894. The molecule has 0 aliphatic carbocycles. The van der Waals surface area contributed by atoms with Crippen LogP contribution >= 0.6 is 0 Å². The molecule has 1 heterocycles. The number of likely N-dealkylation sites (N-methyl/N-ethyl adjacent to an activating group) is 1. The second kappa shape index (κ2) is 7.07. The van der Waals surface area contributed by atoms with Crippen molar-refractivity contribution in [3.05, 3.63) is 29.8 Å². The zero-order valence-corrected chi connectivity index (χ0v) is 12.9. The van der Waals surface area contributed by atoms with Crippen molar-refractivity contribution in [3.8, 4) is 5.75 Å². The Bertz CT molecular complexity index is 407. The van der Waals surface area contributed by atoms with Gasteiger partial charge in [0.1, 0.15) is 5.75 Å². The van der Waals surface area contributed by atoms with Gasteiger partial charge in [-0.15, -0.1) is 0 Å². The minimum atomic E-state index is 0.307. The van der Waals surface area contributed by atoms with Crippen LogP contribution in [0.5, 0.6) is 5.75 Å². The number of nitrogens with zero attached hydrogens (tertiary/aromatic N) is 1. The lowest BCUT2D eigenvalue weighted by Gasteiger charge is -2.41. The van der Waals surface area contributed by atoms with E-state index in [0.717, 1.165) is 25.5 Å². The van der Waals surface area contributed by atoms with Gasteiger partial charge in [-0.3, -0.25) is 4.90 Å². The van der Waals surface area contributed by atoms with Crippen LogP contribution in [0.1, 0.15) is 25.5 Å². The average molecular weight is 278 g/mol. The highest BCUT2D eigenvalue weighted by Gasteiger charge is 2.29. The van der Waals surface area contributed by atoms with E-state index in [-0.39, 0.29) is 0 Å². The van der Waals surface area contributed by atoms with Crippen LogP contribution in [0.4, 0.5) is 0 Å². The highest BCUT2D eigenvalue weighted by molar-refractivity contribution is 5.29. The van der Waals surface area contributed by atoms with Gasteiger partial charge in [0.15, 0.2) is 0 Å². The van der Waals surface area contributed by atoms with Gasteiger partial charge >= 0.3 is 0 Å². The summed E-state index contributed by atoms with van der Waals surface area (Å²) in [6, 6.07) is 9.52. The van der Waals surface area contributed by atoms with Crippen molar-refractivity contribution in [2.75, 3.05) is 33.9 Å². The van der Waals surface area contributed by atoms with Gasteiger partial charge in [-0.1, -0.05) is 12.1 Å². The predicted octanol–water partition coefficient (Wildman–Crippen LogP) is 2.06. The van der Waals surface area contributed by atoms with Crippen molar-refractivity contribution in [3.63, 3.8) is 0 Å². The number of ether oxygens (including phenoxy) is 2. The maximum absolute atomic E-state index is 5.53. The molecule has 1 N–H and O–H groups in total. The van der Waals surface area contributed by atoms with Crippen LogP contribution in [0.2, 0.25) is 0 Å². The first-order valence-corrected chi connectivity index (χ1v) is 7.32. The largest absolute Gasteiger partial charge is 0.497 e. The Morgan fingerprint density at radius 3 is 2.60 bits per heavy atom. The van der Waals surface area contributed by atoms with Crippen LogP contribution in [0.25, 0.3) is 0 Å². The monoisotopic (exact) mass is 278 g/mol. The van der Waals surface area contributed by atoms with Crippen LogP contribution in [0.15, 0.2) is 24.3 Å². The summed E-state index contributed by atoms with van der Waals surface area (Å²) in [6.07, 6.45) is 0. The van der Waals surface area contributed by atoms with Gasteiger partial charge in [0.2, 0.25) is 0 Å². The van der Waals surface area contributed by atoms with Crippen molar-refractivity contribution in [2.24, 2.45) is 0 Å². The lowest BCUT2D eigenvalue weighted by atomic mass is 9.97. The normalized spacial score (nSPS) is 23.3. The molecule has 1 aromatic rings. The number of morpholine rings is 1. The molecular formula is C16H26N2O2. The fourth-order valence-corrected chi connectivity index (χ4v) is 3.03. The number of methoxy groups -OCH3 is 1. The molecule has 3 atom stereocenters. The van der Waals surface area contributed by atoms with Crippen LogP contribution in [0.3, 0.4) is 0 Å². The summed E-state index contributed by atoms with van der Waals surface area (Å²) in [5, 5.41) is 3.45. The summed E-state index contributed by atoms with van der Waals surface area (Å²) >= 11 is 0. The molecule has 0 aromatic heterocycles. The van der Waals surface area contributed by atoms with Crippen LogP contribution in [0, 0.1) is 0 Å². The smallest absolute Gasteiger partial charge is 0.118 e. The fraction of sp³-hybridized carbons (Fsp3) is 0.625. The van der Waals surface area contributed by atoms with Crippen LogP contribution in [-0.4, -0.2) is 50.9 Å². The number of hydrogen-bond donors (Lipinski definition) is 1. The Balaban J connectivity index is 2.13. The third kappa shape index (κ3) is 3.32. The molecule has 1 fully saturated rings.